The smallest absolute Gasteiger partial charge is 0.230 e. The number of nitrogens with two attached hydrogens (primary N) is 1. The number of aromatic nitrogens is 2. The summed E-state index contributed by atoms with van der Waals surface area (Å²) in [7, 11) is 0. The molecule has 0 saturated heterocycles. The van der Waals surface area contributed by atoms with Crippen LogP contribution in [0.15, 0.2) is 27.2 Å². The zero-order valence-electron chi connectivity index (χ0n) is 10.9. The van der Waals surface area contributed by atoms with E-state index in [2.05, 4.69) is 26.1 Å². The molecule has 4 nitrogen and oxygen atoms in total. The van der Waals surface area contributed by atoms with Crippen LogP contribution in [-0.4, -0.2) is 16.7 Å². The van der Waals surface area contributed by atoms with Gasteiger partial charge in [-0.2, -0.15) is 4.98 Å². The Morgan fingerprint density at radius 1 is 1.40 bits per heavy atom. The van der Waals surface area contributed by atoms with Crippen molar-refractivity contribution in [3.63, 3.8) is 0 Å². The van der Waals surface area contributed by atoms with Crippen LogP contribution >= 0.6 is 15.9 Å². The van der Waals surface area contributed by atoms with Crippen LogP contribution in [0.3, 0.4) is 0 Å². The maximum Gasteiger partial charge on any atom is 0.230 e. The molecule has 2 atom stereocenters. The van der Waals surface area contributed by atoms with E-state index in [1.54, 1.807) is 6.07 Å². The summed E-state index contributed by atoms with van der Waals surface area (Å²) in [5.41, 5.74) is 6.38. The van der Waals surface area contributed by atoms with Gasteiger partial charge in [0.15, 0.2) is 0 Å². The van der Waals surface area contributed by atoms with Crippen molar-refractivity contribution >= 4 is 15.9 Å². The highest BCUT2D eigenvalue weighted by Crippen LogP contribution is 2.39. The Bertz CT molecular complexity index is 616. The summed E-state index contributed by atoms with van der Waals surface area (Å²) >= 11 is 3.38. The lowest BCUT2D eigenvalue weighted by atomic mass is 9.96. The monoisotopic (exact) mass is 339 g/mol. The van der Waals surface area contributed by atoms with E-state index in [1.807, 2.05) is 0 Å². The summed E-state index contributed by atoms with van der Waals surface area (Å²) < 4.78 is 19.4. The first-order valence-electron chi connectivity index (χ1n) is 6.68. The molecule has 0 amide bonds. The molecule has 6 heteroatoms. The third kappa shape index (κ3) is 2.50. The standard InChI is InChI=1S/C14H15BrFN3O/c15-12-5-4-9(16)6-11(12)13-18-14(20-19-13)10-3-1-2-8(10)7-17/h4-6,8,10H,1-3,7,17H2. The van der Waals surface area contributed by atoms with Crippen molar-refractivity contribution in [2.45, 2.75) is 25.2 Å². The van der Waals surface area contributed by atoms with Gasteiger partial charge >= 0.3 is 0 Å². The van der Waals surface area contributed by atoms with Crippen LogP contribution in [0.1, 0.15) is 31.1 Å². The molecule has 1 saturated carbocycles. The Labute approximate surface area is 124 Å². The van der Waals surface area contributed by atoms with E-state index in [4.69, 9.17) is 10.3 Å². The van der Waals surface area contributed by atoms with E-state index in [-0.39, 0.29) is 11.7 Å². The Balaban J connectivity index is 1.92. The minimum absolute atomic E-state index is 0.230. The van der Waals surface area contributed by atoms with Gasteiger partial charge in [0.05, 0.1) is 0 Å². The van der Waals surface area contributed by atoms with Gasteiger partial charge < -0.3 is 10.3 Å². The molecule has 0 radical (unpaired) electrons. The highest BCUT2D eigenvalue weighted by Gasteiger charge is 2.32. The summed E-state index contributed by atoms with van der Waals surface area (Å²) in [6.45, 7) is 0.631. The normalized spacial score (nSPS) is 22.4. The van der Waals surface area contributed by atoms with E-state index < -0.39 is 0 Å². The van der Waals surface area contributed by atoms with Crippen LogP contribution in [0.4, 0.5) is 4.39 Å². The minimum atomic E-state index is -0.324. The van der Waals surface area contributed by atoms with Gasteiger partial charge in [0, 0.05) is 16.0 Å². The minimum Gasteiger partial charge on any atom is -0.339 e. The first-order valence-corrected chi connectivity index (χ1v) is 7.47. The maximum absolute atomic E-state index is 13.3. The topological polar surface area (TPSA) is 64.9 Å². The number of benzene rings is 1. The second kappa shape index (κ2) is 5.61. The molecule has 2 unspecified atom stereocenters. The number of halogens is 2. The van der Waals surface area contributed by atoms with Crippen LogP contribution < -0.4 is 5.73 Å². The molecule has 1 fully saturated rings. The molecule has 106 valence electrons. The van der Waals surface area contributed by atoms with Gasteiger partial charge in [0.2, 0.25) is 11.7 Å². The Morgan fingerprint density at radius 3 is 3.05 bits per heavy atom. The second-order valence-electron chi connectivity index (χ2n) is 5.11. The number of hydrogen-bond acceptors (Lipinski definition) is 4. The van der Waals surface area contributed by atoms with Crippen LogP contribution in [0.5, 0.6) is 0 Å². The van der Waals surface area contributed by atoms with Gasteiger partial charge in [-0.15, -0.1) is 0 Å². The van der Waals surface area contributed by atoms with Gasteiger partial charge in [-0.05, 0) is 43.5 Å². The molecule has 1 aromatic carbocycles. The van der Waals surface area contributed by atoms with E-state index >= 15 is 0 Å². The Kier molecular flexibility index (Phi) is 3.85. The van der Waals surface area contributed by atoms with Gasteiger partial charge in [-0.3, -0.25) is 0 Å². The molecule has 3 rings (SSSR count). The van der Waals surface area contributed by atoms with Crippen LogP contribution in [0.25, 0.3) is 11.4 Å². The van der Waals surface area contributed by atoms with Crippen LogP contribution in [0.2, 0.25) is 0 Å². The predicted molar refractivity (Wildman–Crippen MR) is 76.5 cm³/mol. The fourth-order valence-corrected chi connectivity index (χ4v) is 3.23. The summed E-state index contributed by atoms with van der Waals surface area (Å²) in [6.07, 6.45) is 3.25. The molecule has 1 aliphatic carbocycles. The highest BCUT2D eigenvalue weighted by molar-refractivity contribution is 9.10. The fraction of sp³-hybridized carbons (Fsp3) is 0.429. The first kappa shape index (κ1) is 13.7. The summed E-state index contributed by atoms with van der Waals surface area (Å²) in [6, 6.07) is 4.42. The van der Waals surface area contributed by atoms with Crippen molar-refractivity contribution < 1.29 is 8.91 Å². The SMILES string of the molecule is NCC1CCCC1c1nc(-c2cc(F)ccc2Br)no1. The zero-order valence-corrected chi connectivity index (χ0v) is 12.4. The van der Waals surface area contributed by atoms with Crippen molar-refractivity contribution in [2.24, 2.45) is 11.7 Å². The van der Waals surface area contributed by atoms with E-state index in [9.17, 15) is 4.39 Å². The van der Waals surface area contributed by atoms with Gasteiger partial charge in [0.25, 0.3) is 0 Å². The molecular weight excluding hydrogens is 325 g/mol. The van der Waals surface area contributed by atoms with Crippen LogP contribution in [0, 0.1) is 11.7 Å². The van der Waals surface area contributed by atoms with E-state index in [0.29, 0.717) is 29.7 Å². The van der Waals surface area contributed by atoms with E-state index in [1.165, 1.54) is 12.1 Å². The van der Waals surface area contributed by atoms with Crippen molar-refractivity contribution in [1.29, 1.82) is 0 Å². The van der Waals surface area contributed by atoms with Gasteiger partial charge in [-0.1, -0.05) is 27.5 Å². The Morgan fingerprint density at radius 2 is 2.25 bits per heavy atom. The predicted octanol–water partition coefficient (Wildman–Crippen LogP) is 3.48. The molecule has 0 bridgehead atoms. The molecule has 0 spiro atoms. The molecule has 1 aliphatic rings. The van der Waals surface area contributed by atoms with Crippen LogP contribution in [-0.2, 0) is 0 Å². The lowest BCUT2D eigenvalue weighted by Crippen LogP contribution is -2.17. The quantitative estimate of drug-likeness (QED) is 0.929. The molecule has 2 N–H and O–H groups in total. The number of rotatable bonds is 3. The number of nitrogens with zero attached hydrogens (tertiary/aromatic N) is 2. The molecule has 0 aliphatic heterocycles. The first-order chi connectivity index (χ1) is 9.69. The molecule has 1 heterocycles. The number of hydrogen-bond donors (Lipinski definition) is 1. The van der Waals surface area contributed by atoms with Crippen molar-refractivity contribution in [2.75, 3.05) is 6.54 Å². The largest absolute Gasteiger partial charge is 0.339 e. The highest BCUT2D eigenvalue weighted by atomic mass is 79.9. The maximum atomic E-state index is 13.3. The molecular formula is C14H15BrFN3O. The molecule has 1 aromatic heterocycles. The summed E-state index contributed by atoms with van der Waals surface area (Å²) in [4.78, 5) is 4.43. The summed E-state index contributed by atoms with van der Waals surface area (Å²) in [5, 5.41) is 3.98. The van der Waals surface area contributed by atoms with Gasteiger partial charge in [0.1, 0.15) is 5.82 Å². The fourth-order valence-electron chi connectivity index (χ4n) is 2.81. The summed E-state index contributed by atoms with van der Waals surface area (Å²) in [5.74, 6) is 1.33. The zero-order chi connectivity index (χ0) is 14.1. The van der Waals surface area contributed by atoms with E-state index in [0.717, 1.165) is 23.7 Å². The second-order valence-corrected chi connectivity index (χ2v) is 5.97. The lowest BCUT2D eigenvalue weighted by Gasteiger charge is -2.12. The Hall–Kier alpha value is -1.27. The lowest BCUT2D eigenvalue weighted by molar-refractivity contribution is 0.326. The van der Waals surface area contributed by atoms with Crippen molar-refractivity contribution in [1.82, 2.24) is 10.1 Å². The molecule has 2 aromatic rings. The van der Waals surface area contributed by atoms with Gasteiger partial charge in [-0.25, -0.2) is 4.39 Å². The average molecular weight is 340 g/mol. The van der Waals surface area contributed by atoms with Crippen molar-refractivity contribution in [3.05, 3.63) is 34.4 Å². The third-order valence-corrected chi connectivity index (χ3v) is 4.58. The average Bonchev–Trinajstić information content (AvgIpc) is 3.08. The third-order valence-electron chi connectivity index (χ3n) is 3.89. The molecule has 20 heavy (non-hydrogen) atoms. The van der Waals surface area contributed by atoms with Crippen molar-refractivity contribution in [3.8, 4) is 11.4 Å².